The van der Waals surface area contributed by atoms with Crippen LogP contribution in [0.1, 0.15) is 60.4 Å². The van der Waals surface area contributed by atoms with E-state index in [1.54, 1.807) is 12.1 Å². The maximum Gasteiger partial charge on any atom is 0.416 e. The van der Waals surface area contributed by atoms with Crippen molar-refractivity contribution in [1.29, 1.82) is 0 Å². The number of carbonyl (C=O) groups is 1. The quantitative estimate of drug-likeness (QED) is 0.0982. The third kappa shape index (κ3) is 13.2. The van der Waals surface area contributed by atoms with Crippen LogP contribution in [-0.4, -0.2) is 17.2 Å². The number of fused-ring (bicyclic) bond motifs is 1. The van der Waals surface area contributed by atoms with Crippen molar-refractivity contribution in [3.63, 3.8) is 0 Å². The summed E-state index contributed by atoms with van der Waals surface area (Å²) in [5.74, 6) is -0.901. The maximum absolute atomic E-state index is 14.2. The zero-order chi connectivity index (χ0) is 57.9. The van der Waals surface area contributed by atoms with Crippen molar-refractivity contribution < 1.29 is 120 Å². The van der Waals surface area contributed by atoms with Crippen molar-refractivity contribution in [1.82, 2.24) is 0 Å². The van der Waals surface area contributed by atoms with E-state index >= 15 is 0 Å². The number of rotatable bonds is 7. The number of aromatic carboxylic acids is 1. The van der Waals surface area contributed by atoms with E-state index in [1.807, 2.05) is 42.6 Å². The Hall–Kier alpha value is -7.42. The summed E-state index contributed by atoms with van der Waals surface area (Å²) >= 11 is 0. The van der Waals surface area contributed by atoms with Crippen LogP contribution in [0.5, 0.6) is 0 Å². The summed E-state index contributed by atoms with van der Waals surface area (Å²) in [5.41, 5.74) is -27.8. The Labute approximate surface area is 415 Å². The molecule has 7 aromatic rings. The zero-order valence-corrected chi connectivity index (χ0v) is 37.4. The lowest BCUT2D eigenvalue weighted by Gasteiger charge is -2.46. The number of hydrogen-bond donors (Lipinski definition) is 1. The molecule has 6 aromatic carbocycles. The molecule has 0 fully saturated rings. The van der Waals surface area contributed by atoms with Gasteiger partial charge in [0.25, 0.3) is 0 Å². The molecule has 0 radical (unpaired) electrons. The van der Waals surface area contributed by atoms with Crippen molar-refractivity contribution in [3.8, 4) is 0 Å². The summed E-state index contributed by atoms with van der Waals surface area (Å²) < 4.78 is 343. The molecule has 0 aliphatic carbocycles. The van der Waals surface area contributed by atoms with E-state index in [1.165, 1.54) is 5.56 Å². The smallest absolute Gasteiger partial charge is 0.416 e. The highest BCUT2D eigenvalue weighted by Gasteiger charge is 2.47. The molecule has 0 unspecified atom stereocenters. The van der Waals surface area contributed by atoms with Crippen LogP contribution in [0.15, 0.2) is 140 Å². The van der Waals surface area contributed by atoms with Crippen molar-refractivity contribution in [2.75, 3.05) is 0 Å². The maximum atomic E-state index is 14.2. The Morgan fingerprint density at radius 3 is 0.909 bits per heavy atom. The Bertz CT molecular complexity index is 2870. The summed E-state index contributed by atoms with van der Waals surface area (Å²) in [6.07, 6.45) is -52.8. The molecule has 0 aliphatic rings. The van der Waals surface area contributed by atoms with Gasteiger partial charge in [0.15, 0.2) is 12.7 Å². The summed E-state index contributed by atoms with van der Waals surface area (Å²) in [5, 5.41) is 10.2. The van der Waals surface area contributed by atoms with Crippen LogP contribution in [0.25, 0.3) is 10.9 Å². The third-order valence-electron chi connectivity index (χ3n) is 11.8. The molecule has 3 nitrogen and oxygen atoms in total. The van der Waals surface area contributed by atoms with Crippen LogP contribution in [0.3, 0.4) is 0 Å². The lowest BCUT2D eigenvalue weighted by atomic mass is 9.12. The number of pyridine rings is 1. The van der Waals surface area contributed by atoms with Crippen LogP contribution in [0, 0.1) is 0 Å². The molecule has 0 spiro atoms. The van der Waals surface area contributed by atoms with Crippen LogP contribution in [-0.2, 0) is 56.0 Å². The number of halogens is 24. The minimum atomic E-state index is -6.13. The van der Waals surface area contributed by atoms with Gasteiger partial charge >= 0.3 is 55.4 Å². The second-order valence-electron chi connectivity index (χ2n) is 16.9. The van der Waals surface area contributed by atoms with E-state index in [0.29, 0.717) is 5.56 Å². The molecule has 410 valence electrons. The number of carboxylic acids is 1. The highest BCUT2D eigenvalue weighted by atomic mass is 19.4. The van der Waals surface area contributed by atoms with Gasteiger partial charge in [-0.2, -0.15) is 132 Å². The molecule has 77 heavy (non-hydrogen) atoms. The molecule has 0 aliphatic heterocycles. The second-order valence-corrected chi connectivity index (χ2v) is 16.9. The fourth-order valence-electron chi connectivity index (χ4n) is 8.39. The van der Waals surface area contributed by atoms with Crippen LogP contribution < -0.4 is 26.4 Å². The van der Waals surface area contributed by atoms with Crippen LogP contribution in [0.2, 0.25) is 0 Å². The normalized spacial score (nSPS) is 13.4. The van der Waals surface area contributed by atoms with Crippen molar-refractivity contribution >= 4 is 44.9 Å². The average Bonchev–Trinajstić information content (AvgIpc) is 3.30. The van der Waals surface area contributed by atoms with Gasteiger partial charge in [0, 0.05) is 23.1 Å². The molecule has 7 rings (SSSR count). The number of alkyl halides is 24. The van der Waals surface area contributed by atoms with Crippen molar-refractivity contribution in [2.45, 2.75) is 56.0 Å². The standard InChI is InChI=1S/C32H12BF24.C17H13NO2/c34-25(35,36)13-1-14(26(37,38)39)6-21(5-13)33(22-7-15(27(40,41)42)2-16(8-22)28(43,44)45,23-9-17(29(46,47)48)3-18(10-23)30(49,50)51)24-11-19(31(52,53)54)4-20(12-24)32(55,56)57;19-17(20)15-9-8-14-7-4-10-18(16(14)11-15)12-13-5-2-1-3-6-13/h1-12H;1-11H,12H2/q-1;/p+1. The third-order valence-corrected chi connectivity index (χ3v) is 11.8. The molecular weight excluding hydrogens is 1100 g/mol. The fraction of sp³-hybridized carbons (Fsp3) is 0.184. The Morgan fingerprint density at radius 1 is 0.364 bits per heavy atom. The molecule has 0 saturated heterocycles. The highest BCUT2D eigenvalue weighted by molar-refractivity contribution is 7.20. The molecule has 0 atom stereocenters. The fourth-order valence-corrected chi connectivity index (χ4v) is 8.39. The number of aromatic nitrogens is 1. The molecular formula is C49H26BF24NO2. The molecule has 1 aromatic heterocycles. The molecule has 0 saturated carbocycles. The van der Waals surface area contributed by atoms with Gasteiger partial charge in [-0.3, -0.25) is 0 Å². The number of nitrogens with zero attached hydrogens (tertiary/aromatic N) is 1. The topological polar surface area (TPSA) is 41.2 Å². The van der Waals surface area contributed by atoms with E-state index in [2.05, 4.69) is 16.7 Å². The predicted octanol–water partition coefficient (Wildman–Crippen LogP) is 14.1. The molecule has 1 N–H and O–H groups in total. The molecule has 0 amide bonds. The largest absolute Gasteiger partial charge is 0.478 e. The summed E-state index contributed by atoms with van der Waals surface area (Å²) in [6, 6.07) is 10.5. The Kier molecular flexibility index (Phi) is 15.4. The predicted molar refractivity (Wildman–Crippen MR) is 227 cm³/mol. The average molecular weight is 1130 g/mol. The highest BCUT2D eigenvalue weighted by Crippen LogP contribution is 2.41. The van der Waals surface area contributed by atoms with Gasteiger partial charge in [0.2, 0.25) is 5.52 Å². The van der Waals surface area contributed by atoms with Crippen LogP contribution >= 0.6 is 0 Å². The first-order chi connectivity index (χ1) is 35.0. The van der Waals surface area contributed by atoms with Gasteiger partial charge < -0.3 is 5.11 Å². The summed E-state index contributed by atoms with van der Waals surface area (Å²) in [6.45, 7) is 0.723. The van der Waals surface area contributed by atoms with E-state index in [9.17, 15) is 110 Å². The second kappa shape index (κ2) is 20.2. The van der Waals surface area contributed by atoms with Gasteiger partial charge in [0.1, 0.15) is 6.15 Å². The SMILES string of the molecule is FC(F)(F)c1cc([B-](c2cc(C(F)(F)F)cc(C(F)(F)F)c2)(c2cc(C(F)(F)F)cc(C(F)(F)F)c2)c2cc(C(F)(F)F)cc(C(F)(F)F)c2)cc(C(F)(F)F)c1.O=C(O)c1ccc2ccc[n+](Cc3ccccc3)c2c1. The first-order valence-electron chi connectivity index (χ1n) is 21.1. The zero-order valence-electron chi connectivity index (χ0n) is 37.4. The summed E-state index contributed by atoms with van der Waals surface area (Å²) in [7, 11) is 0. The minimum absolute atomic E-state index is 0.311. The number of benzene rings is 6. The summed E-state index contributed by atoms with van der Waals surface area (Å²) in [4.78, 5) is 11.1. The number of hydrogen-bond acceptors (Lipinski definition) is 1. The molecule has 28 heteroatoms. The lowest BCUT2D eigenvalue weighted by molar-refractivity contribution is -0.662. The van der Waals surface area contributed by atoms with Gasteiger partial charge in [-0.05, 0) is 42.5 Å². The first kappa shape index (κ1) is 58.8. The monoisotopic (exact) mass is 1130 g/mol. The van der Waals surface area contributed by atoms with E-state index in [-0.39, 0.29) is 0 Å². The first-order valence-corrected chi connectivity index (χ1v) is 21.1. The van der Waals surface area contributed by atoms with Crippen molar-refractivity contribution in [2.24, 2.45) is 0 Å². The van der Waals surface area contributed by atoms with E-state index < -0.39 is 201 Å². The lowest BCUT2D eigenvalue weighted by Crippen LogP contribution is -2.75. The van der Waals surface area contributed by atoms with Gasteiger partial charge in [-0.1, -0.05) is 78.9 Å². The van der Waals surface area contributed by atoms with Crippen molar-refractivity contribution in [3.05, 3.63) is 195 Å². The molecule has 1 heterocycles. The molecule has 0 bridgehead atoms. The Balaban J connectivity index is 0.000000397. The Morgan fingerprint density at radius 2 is 0.649 bits per heavy atom. The van der Waals surface area contributed by atoms with E-state index in [4.69, 9.17) is 5.11 Å². The number of carboxylic acid groups (broad SMARTS) is 1. The minimum Gasteiger partial charge on any atom is -0.478 e. The van der Waals surface area contributed by atoms with Crippen LogP contribution in [0.4, 0.5) is 105 Å². The van der Waals surface area contributed by atoms with E-state index in [0.717, 1.165) is 17.4 Å². The van der Waals surface area contributed by atoms with Gasteiger partial charge in [-0.25, -0.2) is 4.79 Å². The van der Waals surface area contributed by atoms with Gasteiger partial charge in [-0.15, -0.1) is 0 Å². The van der Waals surface area contributed by atoms with Gasteiger partial charge in [0.05, 0.1) is 50.1 Å².